The molecule has 1 aliphatic rings. The maximum absolute atomic E-state index is 12.6. The van der Waals surface area contributed by atoms with Gasteiger partial charge in [-0.25, -0.2) is 4.98 Å². The number of aromatic nitrogens is 1. The van der Waals surface area contributed by atoms with Gasteiger partial charge in [0.25, 0.3) is 0 Å². The van der Waals surface area contributed by atoms with Crippen molar-refractivity contribution in [3.05, 3.63) is 39.8 Å². The number of hydrogen-bond acceptors (Lipinski definition) is 5. The van der Waals surface area contributed by atoms with Gasteiger partial charge in [0.05, 0.1) is 35.5 Å². The van der Waals surface area contributed by atoms with Crippen LogP contribution in [0.3, 0.4) is 0 Å². The van der Waals surface area contributed by atoms with Crippen molar-refractivity contribution >= 4 is 28.8 Å². The van der Waals surface area contributed by atoms with Crippen molar-refractivity contribution in [3.8, 4) is 5.75 Å². The minimum absolute atomic E-state index is 0.0637. The quantitative estimate of drug-likeness (QED) is 0.875. The molecule has 2 heterocycles. The predicted molar refractivity (Wildman–Crippen MR) is 102 cm³/mol. The summed E-state index contributed by atoms with van der Waals surface area (Å²) in [6.07, 6.45) is 0.200. The number of nitrogens with zero attached hydrogens (tertiary/aromatic N) is 2. The Hall–Kier alpha value is -2.41. The average molecular weight is 373 g/mol. The average Bonchev–Trinajstić information content (AvgIpc) is 3.20. The third-order valence-electron chi connectivity index (χ3n) is 4.56. The van der Waals surface area contributed by atoms with E-state index in [1.54, 1.807) is 23.3 Å². The number of carbonyl (C=O) groups is 2. The molecule has 1 aromatic carbocycles. The molecule has 7 heteroatoms. The van der Waals surface area contributed by atoms with Crippen molar-refractivity contribution in [1.29, 1.82) is 0 Å². The van der Waals surface area contributed by atoms with Crippen LogP contribution >= 0.6 is 11.3 Å². The number of methoxy groups -OCH3 is 1. The van der Waals surface area contributed by atoms with Gasteiger partial charge in [-0.3, -0.25) is 9.59 Å². The van der Waals surface area contributed by atoms with Crippen LogP contribution in [0.15, 0.2) is 23.6 Å². The first-order chi connectivity index (χ1) is 12.4. The van der Waals surface area contributed by atoms with E-state index in [0.29, 0.717) is 12.3 Å². The fourth-order valence-electron chi connectivity index (χ4n) is 3.11. The van der Waals surface area contributed by atoms with E-state index >= 15 is 0 Å². The van der Waals surface area contributed by atoms with Crippen LogP contribution in [-0.4, -0.2) is 30.5 Å². The van der Waals surface area contributed by atoms with Crippen molar-refractivity contribution in [3.63, 3.8) is 0 Å². The van der Waals surface area contributed by atoms with Crippen LogP contribution in [0.2, 0.25) is 0 Å². The van der Waals surface area contributed by atoms with Crippen molar-refractivity contribution in [1.82, 2.24) is 10.3 Å². The second-order valence-corrected chi connectivity index (χ2v) is 7.66. The molecule has 1 N–H and O–H groups in total. The molecule has 26 heavy (non-hydrogen) atoms. The molecular formula is C19H23N3O3S. The molecule has 1 aliphatic heterocycles. The van der Waals surface area contributed by atoms with Crippen LogP contribution in [0.25, 0.3) is 0 Å². The van der Waals surface area contributed by atoms with E-state index in [2.05, 4.69) is 10.3 Å². The van der Waals surface area contributed by atoms with Gasteiger partial charge in [-0.15, -0.1) is 11.3 Å². The molecule has 2 atom stereocenters. The van der Waals surface area contributed by atoms with Crippen molar-refractivity contribution in [2.24, 2.45) is 5.92 Å². The fraction of sp³-hybridized carbons (Fsp3) is 0.421. The molecule has 0 aliphatic carbocycles. The Morgan fingerprint density at radius 3 is 2.85 bits per heavy atom. The van der Waals surface area contributed by atoms with E-state index in [9.17, 15) is 9.59 Å². The number of carbonyl (C=O) groups excluding carboxylic acids is 2. The van der Waals surface area contributed by atoms with E-state index in [1.807, 2.05) is 44.4 Å². The van der Waals surface area contributed by atoms with Gasteiger partial charge >= 0.3 is 0 Å². The number of ether oxygens (including phenoxy) is 1. The maximum atomic E-state index is 12.6. The molecule has 1 fully saturated rings. The lowest BCUT2D eigenvalue weighted by molar-refractivity contribution is -0.126. The second kappa shape index (κ2) is 7.45. The lowest BCUT2D eigenvalue weighted by Crippen LogP contribution is -2.34. The fourth-order valence-corrected chi connectivity index (χ4v) is 3.82. The van der Waals surface area contributed by atoms with E-state index in [-0.39, 0.29) is 30.2 Å². The lowest BCUT2D eigenvalue weighted by Gasteiger charge is -2.20. The van der Waals surface area contributed by atoms with E-state index in [4.69, 9.17) is 4.74 Å². The normalized spacial score (nSPS) is 18.1. The maximum Gasteiger partial charge on any atom is 0.227 e. The Bertz CT molecular complexity index is 833. The molecule has 2 amide bonds. The smallest absolute Gasteiger partial charge is 0.227 e. The molecule has 2 aromatic rings. The molecule has 3 rings (SSSR count). The Balaban J connectivity index is 1.71. The first-order valence-electron chi connectivity index (χ1n) is 8.56. The number of thiazole rings is 1. The Morgan fingerprint density at radius 2 is 2.19 bits per heavy atom. The van der Waals surface area contributed by atoms with Crippen LogP contribution in [-0.2, 0) is 9.59 Å². The molecule has 1 saturated heterocycles. The van der Waals surface area contributed by atoms with Crippen LogP contribution in [0.5, 0.6) is 5.75 Å². The van der Waals surface area contributed by atoms with Gasteiger partial charge in [-0.2, -0.15) is 0 Å². The summed E-state index contributed by atoms with van der Waals surface area (Å²) < 4.78 is 5.38. The highest BCUT2D eigenvalue weighted by atomic mass is 32.1. The first kappa shape index (κ1) is 18.4. The molecular weight excluding hydrogens is 350 g/mol. The zero-order chi connectivity index (χ0) is 18.8. The van der Waals surface area contributed by atoms with Gasteiger partial charge in [-0.1, -0.05) is 6.07 Å². The number of aryl methyl sites for hydroxylation is 2. The first-order valence-corrected chi connectivity index (χ1v) is 9.44. The van der Waals surface area contributed by atoms with E-state index < -0.39 is 0 Å². The molecule has 2 unspecified atom stereocenters. The summed E-state index contributed by atoms with van der Waals surface area (Å²) in [7, 11) is 1.58. The number of hydrogen-bond donors (Lipinski definition) is 1. The van der Waals surface area contributed by atoms with E-state index in [1.165, 1.54) is 0 Å². The standard InChI is InChI=1S/C19H23N3O3S/c1-11-5-6-17(25-4)16(7-11)22-9-14(8-18(22)23)19(24)20-12(2)15-10-26-13(3)21-15/h5-7,10,12,14H,8-9H2,1-4H3,(H,20,24). The van der Waals surface area contributed by atoms with Gasteiger partial charge in [0.2, 0.25) is 11.8 Å². The van der Waals surface area contributed by atoms with Gasteiger partial charge in [0.15, 0.2) is 0 Å². The number of benzene rings is 1. The zero-order valence-electron chi connectivity index (χ0n) is 15.4. The van der Waals surface area contributed by atoms with Crippen molar-refractivity contribution in [2.75, 3.05) is 18.6 Å². The Kier molecular flexibility index (Phi) is 5.27. The molecule has 0 bridgehead atoms. The highest BCUT2D eigenvalue weighted by Gasteiger charge is 2.36. The summed E-state index contributed by atoms with van der Waals surface area (Å²) in [4.78, 5) is 31.2. The Morgan fingerprint density at radius 1 is 1.42 bits per heavy atom. The minimum atomic E-state index is -0.380. The van der Waals surface area contributed by atoms with Gasteiger partial charge in [0.1, 0.15) is 5.75 Å². The summed E-state index contributed by atoms with van der Waals surface area (Å²) in [5, 5.41) is 5.89. The minimum Gasteiger partial charge on any atom is -0.495 e. The van der Waals surface area contributed by atoms with Gasteiger partial charge in [-0.05, 0) is 38.5 Å². The molecule has 0 spiro atoms. The van der Waals surface area contributed by atoms with Crippen LogP contribution in [0.1, 0.15) is 35.7 Å². The van der Waals surface area contributed by atoms with Crippen LogP contribution in [0, 0.1) is 19.8 Å². The summed E-state index contributed by atoms with van der Waals surface area (Å²) >= 11 is 1.56. The number of nitrogens with one attached hydrogen (secondary N) is 1. The summed E-state index contributed by atoms with van der Waals surface area (Å²) in [6.45, 7) is 6.16. The second-order valence-electron chi connectivity index (χ2n) is 6.60. The SMILES string of the molecule is COc1ccc(C)cc1N1CC(C(=O)NC(C)c2csc(C)n2)CC1=O. The molecule has 0 radical (unpaired) electrons. The van der Waals surface area contributed by atoms with Gasteiger partial charge in [0, 0.05) is 18.3 Å². The third-order valence-corrected chi connectivity index (χ3v) is 5.35. The van der Waals surface area contributed by atoms with Gasteiger partial charge < -0.3 is 15.0 Å². The number of amides is 2. The predicted octanol–water partition coefficient (Wildman–Crippen LogP) is 3.00. The molecule has 1 aromatic heterocycles. The number of anilines is 1. The van der Waals surface area contributed by atoms with E-state index in [0.717, 1.165) is 22.0 Å². The number of rotatable bonds is 5. The molecule has 0 saturated carbocycles. The van der Waals surface area contributed by atoms with Crippen LogP contribution in [0.4, 0.5) is 5.69 Å². The van der Waals surface area contributed by atoms with Crippen molar-refractivity contribution < 1.29 is 14.3 Å². The third kappa shape index (κ3) is 3.72. The largest absolute Gasteiger partial charge is 0.495 e. The highest BCUT2D eigenvalue weighted by molar-refractivity contribution is 7.09. The lowest BCUT2D eigenvalue weighted by atomic mass is 10.1. The summed E-state index contributed by atoms with van der Waals surface area (Å²) in [5.74, 6) is 0.0723. The van der Waals surface area contributed by atoms with Crippen molar-refractivity contribution in [2.45, 2.75) is 33.2 Å². The summed E-state index contributed by atoms with van der Waals surface area (Å²) in [5.41, 5.74) is 2.60. The topological polar surface area (TPSA) is 71.5 Å². The summed E-state index contributed by atoms with van der Waals surface area (Å²) in [6, 6.07) is 5.52. The zero-order valence-corrected chi connectivity index (χ0v) is 16.2. The van der Waals surface area contributed by atoms with Crippen LogP contribution < -0.4 is 15.0 Å². The molecule has 138 valence electrons. The highest BCUT2D eigenvalue weighted by Crippen LogP contribution is 2.34. The molecule has 6 nitrogen and oxygen atoms in total. The Labute approximate surface area is 157 Å². The monoisotopic (exact) mass is 373 g/mol.